The Hall–Kier alpha value is -0.500. The van der Waals surface area contributed by atoms with Crippen LogP contribution in [0.5, 0.6) is 0 Å². The Morgan fingerprint density at radius 2 is 2.46 bits per heavy atom. The molecule has 1 aliphatic rings. The predicted octanol–water partition coefficient (Wildman–Crippen LogP) is 3.02. The fourth-order valence-corrected chi connectivity index (χ4v) is 2.22. The summed E-state index contributed by atoms with van der Waals surface area (Å²) in [5, 5.41) is 9.13. The minimum atomic E-state index is -0.674. The molecule has 1 N–H and O–H groups in total. The van der Waals surface area contributed by atoms with Crippen molar-refractivity contribution in [1.82, 2.24) is 0 Å². The van der Waals surface area contributed by atoms with Crippen molar-refractivity contribution in [1.29, 1.82) is 0 Å². The van der Waals surface area contributed by atoms with Crippen molar-refractivity contribution in [3.8, 4) is 0 Å². The smallest absolute Gasteiger partial charge is 0.309 e. The van der Waals surface area contributed by atoms with E-state index >= 15 is 0 Å². The van der Waals surface area contributed by atoms with E-state index in [1.54, 1.807) is 6.08 Å². The maximum atomic E-state index is 11.1. The van der Waals surface area contributed by atoms with E-state index in [2.05, 4.69) is 6.92 Å². The summed E-state index contributed by atoms with van der Waals surface area (Å²) in [6, 6.07) is 0. The van der Waals surface area contributed by atoms with E-state index < -0.39 is 11.4 Å². The van der Waals surface area contributed by atoms with Crippen molar-refractivity contribution in [3.05, 3.63) is 11.6 Å². The Bertz CT molecular complexity index is 225. The van der Waals surface area contributed by atoms with Crippen molar-refractivity contribution < 1.29 is 9.90 Å². The first-order chi connectivity index (χ1) is 6.10. The van der Waals surface area contributed by atoms with Crippen LogP contribution in [0.25, 0.3) is 0 Å². The first-order valence-electron chi connectivity index (χ1n) is 4.59. The van der Waals surface area contributed by atoms with Gasteiger partial charge in [-0.15, -0.1) is 0 Å². The van der Waals surface area contributed by atoms with Gasteiger partial charge in [-0.25, -0.2) is 0 Å². The van der Waals surface area contributed by atoms with Crippen LogP contribution in [-0.4, -0.2) is 11.1 Å². The molecule has 1 saturated carbocycles. The standard InChI is InChI=1S/C10H15ClO2/c1-8-3-5-10(7-8,9(12)13)4-2-6-11/h2,6,8H,3-5,7H2,1H3,(H,12,13)/b6-2+. The summed E-state index contributed by atoms with van der Waals surface area (Å²) >= 11 is 5.41. The van der Waals surface area contributed by atoms with E-state index in [0.29, 0.717) is 12.3 Å². The number of allylic oxidation sites excluding steroid dienone is 1. The lowest BCUT2D eigenvalue weighted by Gasteiger charge is -2.21. The highest BCUT2D eigenvalue weighted by Gasteiger charge is 2.42. The summed E-state index contributed by atoms with van der Waals surface area (Å²) in [6.45, 7) is 2.11. The van der Waals surface area contributed by atoms with Crippen molar-refractivity contribution >= 4 is 17.6 Å². The molecule has 0 heterocycles. The van der Waals surface area contributed by atoms with Gasteiger partial charge in [0.15, 0.2) is 0 Å². The van der Waals surface area contributed by atoms with Gasteiger partial charge in [0.1, 0.15) is 0 Å². The van der Waals surface area contributed by atoms with Gasteiger partial charge in [-0.05, 0) is 31.6 Å². The van der Waals surface area contributed by atoms with Gasteiger partial charge in [-0.1, -0.05) is 24.6 Å². The summed E-state index contributed by atoms with van der Waals surface area (Å²) in [5.41, 5.74) is 0.873. The van der Waals surface area contributed by atoms with E-state index in [1.807, 2.05) is 0 Å². The lowest BCUT2D eigenvalue weighted by atomic mass is 9.82. The van der Waals surface area contributed by atoms with Crippen LogP contribution in [0.3, 0.4) is 0 Å². The highest BCUT2D eigenvalue weighted by atomic mass is 35.5. The zero-order valence-corrected chi connectivity index (χ0v) is 8.55. The topological polar surface area (TPSA) is 37.3 Å². The quantitative estimate of drug-likeness (QED) is 0.764. The van der Waals surface area contributed by atoms with E-state index in [-0.39, 0.29) is 0 Å². The number of halogens is 1. The minimum absolute atomic E-state index is 0.528. The van der Waals surface area contributed by atoms with Crippen LogP contribution in [0.1, 0.15) is 32.6 Å². The van der Waals surface area contributed by atoms with E-state index in [4.69, 9.17) is 16.7 Å². The molecule has 0 spiro atoms. The number of hydrogen-bond acceptors (Lipinski definition) is 1. The van der Waals surface area contributed by atoms with E-state index in [9.17, 15) is 4.79 Å². The molecule has 74 valence electrons. The molecule has 1 rings (SSSR count). The fourth-order valence-electron chi connectivity index (χ4n) is 2.13. The SMILES string of the molecule is CC1CCC(C/C=C/Cl)(C(=O)O)C1. The van der Waals surface area contributed by atoms with Gasteiger partial charge in [0.05, 0.1) is 5.41 Å². The monoisotopic (exact) mass is 202 g/mol. The normalized spacial score (nSPS) is 34.2. The second kappa shape index (κ2) is 4.14. The van der Waals surface area contributed by atoms with Crippen LogP contribution in [0.2, 0.25) is 0 Å². The van der Waals surface area contributed by atoms with Gasteiger partial charge in [0.2, 0.25) is 0 Å². The maximum Gasteiger partial charge on any atom is 0.309 e. The largest absolute Gasteiger partial charge is 0.481 e. The van der Waals surface area contributed by atoms with Gasteiger partial charge in [0.25, 0.3) is 0 Å². The second-order valence-electron chi connectivity index (χ2n) is 4.00. The number of carbonyl (C=O) groups is 1. The summed E-state index contributed by atoms with van der Waals surface area (Å²) < 4.78 is 0. The molecule has 2 atom stereocenters. The molecule has 1 fully saturated rings. The van der Waals surface area contributed by atoms with E-state index in [0.717, 1.165) is 19.3 Å². The van der Waals surface area contributed by atoms with Crippen LogP contribution < -0.4 is 0 Å². The lowest BCUT2D eigenvalue weighted by molar-refractivity contribution is -0.148. The Kier molecular flexibility index (Phi) is 3.37. The molecule has 0 aliphatic heterocycles. The molecular formula is C10H15ClO2. The van der Waals surface area contributed by atoms with Crippen LogP contribution in [-0.2, 0) is 4.79 Å². The van der Waals surface area contributed by atoms with Gasteiger partial charge < -0.3 is 5.11 Å². The number of carboxylic acid groups (broad SMARTS) is 1. The number of carboxylic acids is 1. The molecule has 13 heavy (non-hydrogen) atoms. The van der Waals surface area contributed by atoms with Crippen molar-refractivity contribution in [2.45, 2.75) is 32.6 Å². The molecule has 0 radical (unpaired) electrons. The maximum absolute atomic E-state index is 11.1. The molecule has 1 aliphatic carbocycles. The summed E-state index contributed by atoms with van der Waals surface area (Å²) in [6.07, 6.45) is 4.89. The molecule has 0 aromatic carbocycles. The zero-order chi connectivity index (χ0) is 9.90. The molecule has 3 heteroatoms. The number of hydrogen-bond donors (Lipinski definition) is 1. The van der Waals surface area contributed by atoms with Crippen molar-refractivity contribution in [2.75, 3.05) is 0 Å². The first-order valence-corrected chi connectivity index (χ1v) is 5.03. The molecular weight excluding hydrogens is 188 g/mol. The third-order valence-corrected chi connectivity index (χ3v) is 3.08. The van der Waals surface area contributed by atoms with Gasteiger partial charge in [0, 0.05) is 5.54 Å². The first kappa shape index (κ1) is 10.6. The number of rotatable bonds is 3. The Morgan fingerprint density at radius 1 is 1.77 bits per heavy atom. The molecule has 0 amide bonds. The average molecular weight is 203 g/mol. The molecule has 2 unspecified atom stereocenters. The van der Waals surface area contributed by atoms with Crippen molar-refractivity contribution in [3.63, 3.8) is 0 Å². The third kappa shape index (κ3) is 2.25. The van der Waals surface area contributed by atoms with Gasteiger partial charge in [-0.2, -0.15) is 0 Å². The summed E-state index contributed by atoms with van der Waals surface area (Å²) in [4.78, 5) is 11.1. The van der Waals surface area contributed by atoms with E-state index in [1.165, 1.54) is 5.54 Å². The van der Waals surface area contributed by atoms with Crippen LogP contribution in [0.4, 0.5) is 0 Å². The van der Waals surface area contributed by atoms with Crippen LogP contribution in [0, 0.1) is 11.3 Å². The van der Waals surface area contributed by atoms with Crippen molar-refractivity contribution in [2.24, 2.45) is 11.3 Å². The summed E-state index contributed by atoms with van der Waals surface area (Å²) in [7, 11) is 0. The molecule has 0 aromatic heterocycles. The second-order valence-corrected chi connectivity index (χ2v) is 4.25. The molecule has 2 nitrogen and oxygen atoms in total. The highest BCUT2D eigenvalue weighted by Crippen LogP contribution is 2.44. The Balaban J connectivity index is 2.71. The lowest BCUT2D eigenvalue weighted by Crippen LogP contribution is -2.27. The fraction of sp³-hybridized carbons (Fsp3) is 0.700. The third-order valence-electron chi connectivity index (χ3n) is 2.91. The zero-order valence-electron chi connectivity index (χ0n) is 7.79. The van der Waals surface area contributed by atoms with Gasteiger partial charge in [-0.3, -0.25) is 4.79 Å². The highest BCUT2D eigenvalue weighted by molar-refractivity contribution is 6.25. The van der Waals surface area contributed by atoms with Crippen LogP contribution >= 0.6 is 11.6 Å². The Labute approximate surface area is 83.6 Å². The average Bonchev–Trinajstić information content (AvgIpc) is 2.45. The Morgan fingerprint density at radius 3 is 2.85 bits per heavy atom. The van der Waals surface area contributed by atoms with Gasteiger partial charge >= 0.3 is 5.97 Å². The number of aliphatic carboxylic acids is 1. The van der Waals surface area contributed by atoms with Crippen LogP contribution in [0.15, 0.2) is 11.6 Å². The molecule has 0 bridgehead atoms. The molecule has 0 aromatic rings. The molecule has 0 saturated heterocycles. The predicted molar refractivity (Wildman–Crippen MR) is 52.7 cm³/mol. The summed E-state index contributed by atoms with van der Waals surface area (Å²) in [5.74, 6) is -0.147. The minimum Gasteiger partial charge on any atom is -0.481 e.